The highest BCUT2D eigenvalue weighted by Crippen LogP contribution is 2.29. The molecule has 0 bridgehead atoms. The van der Waals surface area contributed by atoms with Crippen LogP contribution < -0.4 is 0 Å². The molecular weight excluding hydrogens is 328 g/mol. The molecule has 4 rings (SSSR count). The van der Waals surface area contributed by atoms with E-state index in [4.69, 9.17) is 0 Å². The van der Waals surface area contributed by atoms with Gasteiger partial charge in [-0.1, -0.05) is 30.3 Å². The normalized spacial score (nSPS) is 15.0. The van der Waals surface area contributed by atoms with Gasteiger partial charge in [-0.15, -0.1) is 0 Å². The van der Waals surface area contributed by atoms with Crippen LogP contribution in [0.15, 0.2) is 42.7 Å². The fourth-order valence-corrected chi connectivity index (χ4v) is 3.78. The zero-order valence-electron chi connectivity index (χ0n) is 14.6. The quantitative estimate of drug-likeness (QED) is 0.740. The first kappa shape index (κ1) is 16.7. The van der Waals surface area contributed by atoms with Gasteiger partial charge in [-0.25, -0.2) is 4.98 Å². The molecule has 3 heterocycles. The average molecular weight is 350 g/mol. The van der Waals surface area contributed by atoms with Crippen molar-refractivity contribution >= 4 is 16.9 Å². The Bertz CT molecular complexity index is 907. The van der Waals surface area contributed by atoms with Crippen LogP contribution in [0.5, 0.6) is 0 Å². The molecule has 1 aromatic carbocycles. The lowest BCUT2D eigenvalue weighted by Crippen LogP contribution is -2.39. The molecular formula is C20H22N4O2. The van der Waals surface area contributed by atoms with E-state index in [1.54, 1.807) is 0 Å². The third kappa shape index (κ3) is 3.08. The fourth-order valence-electron chi connectivity index (χ4n) is 3.78. The number of hydrogen-bond acceptors (Lipinski definition) is 4. The van der Waals surface area contributed by atoms with E-state index in [9.17, 15) is 9.90 Å². The number of pyridine rings is 1. The second-order valence-corrected chi connectivity index (χ2v) is 6.73. The lowest BCUT2D eigenvalue weighted by atomic mass is 9.91. The van der Waals surface area contributed by atoms with Gasteiger partial charge in [-0.05, 0) is 36.0 Å². The molecule has 1 atom stereocenters. The van der Waals surface area contributed by atoms with E-state index in [-0.39, 0.29) is 18.4 Å². The molecule has 1 aliphatic heterocycles. The molecule has 26 heavy (non-hydrogen) atoms. The largest absolute Gasteiger partial charge is 0.396 e. The molecule has 1 unspecified atom stereocenters. The third-order valence-corrected chi connectivity index (χ3v) is 5.14. The zero-order valence-corrected chi connectivity index (χ0v) is 14.6. The van der Waals surface area contributed by atoms with Crippen LogP contribution in [0, 0.1) is 0 Å². The summed E-state index contributed by atoms with van der Waals surface area (Å²) in [6.07, 6.45) is 5.74. The molecule has 0 fully saturated rings. The summed E-state index contributed by atoms with van der Waals surface area (Å²) in [5, 5.41) is 17.2. The van der Waals surface area contributed by atoms with Crippen molar-refractivity contribution in [2.45, 2.75) is 31.7 Å². The lowest BCUT2D eigenvalue weighted by molar-refractivity contribution is -0.134. The van der Waals surface area contributed by atoms with Gasteiger partial charge in [0.25, 0.3) is 0 Å². The highest BCUT2D eigenvalue weighted by molar-refractivity contribution is 5.85. The molecule has 1 aliphatic rings. The van der Waals surface area contributed by atoms with E-state index in [1.165, 1.54) is 5.56 Å². The molecule has 0 radical (unpaired) electrons. The Morgan fingerprint density at radius 2 is 2.12 bits per heavy atom. The van der Waals surface area contributed by atoms with Gasteiger partial charge >= 0.3 is 0 Å². The van der Waals surface area contributed by atoms with Crippen LogP contribution in [-0.4, -0.2) is 44.2 Å². The Kier molecular flexibility index (Phi) is 4.67. The van der Waals surface area contributed by atoms with Crippen molar-refractivity contribution in [1.29, 1.82) is 0 Å². The van der Waals surface area contributed by atoms with Crippen molar-refractivity contribution in [2.24, 2.45) is 0 Å². The molecule has 0 spiro atoms. The molecule has 2 aromatic heterocycles. The van der Waals surface area contributed by atoms with Crippen molar-refractivity contribution in [1.82, 2.24) is 20.1 Å². The Balaban J connectivity index is 1.58. The number of H-pyrrole nitrogens is 1. The topological polar surface area (TPSA) is 82.1 Å². The summed E-state index contributed by atoms with van der Waals surface area (Å²) in [5.41, 5.74) is 4.14. The minimum atomic E-state index is -0.212. The predicted octanol–water partition coefficient (Wildman–Crippen LogP) is 2.40. The van der Waals surface area contributed by atoms with E-state index < -0.39 is 0 Å². The molecule has 0 aliphatic carbocycles. The summed E-state index contributed by atoms with van der Waals surface area (Å²) in [4.78, 5) is 19.6. The number of nitrogens with zero attached hydrogens (tertiary/aromatic N) is 3. The standard InChI is InChI=1S/C20H22N4O2/c25-10-4-7-17(14-5-2-1-3-6-14)20(26)24-9-8-16-15(13-24)11-21-19-18(16)12-22-23-19/h1-3,5-6,11-12,17,25H,4,7-10,13H2,(H,21,22,23). The van der Waals surface area contributed by atoms with E-state index in [1.807, 2.05) is 47.6 Å². The molecule has 134 valence electrons. The number of rotatable bonds is 5. The Hall–Kier alpha value is -2.73. The number of nitrogens with one attached hydrogen (secondary N) is 1. The molecule has 3 aromatic rings. The second-order valence-electron chi connectivity index (χ2n) is 6.73. The van der Waals surface area contributed by atoms with Gasteiger partial charge in [0.05, 0.1) is 12.1 Å². The van der Waals surface area contributed by atoms with E-state index in [2.05, 4.69) is 15.2 Å². The van der Waals surface area contributed by atoms with E-state index >= 15 is 0 Å². The van der Waals surface area contributed by atoms with Gasteiger partial charge in [0.15, 0.2) is 5.65 Å². The van der Waals surface area contributed by atoms with Gasteiger partial charge in [0, 0.05) is 31.3 Å². The molecule has 0 saturated carbocycles. The number of amides is 1. The maximum Gasteiger partial charge on any atom is 0.230 e. The van der Waals surface area contributed by atoms with Crippen LogP contribution in [-0.2, 0) is 17.8 Å². The fraction of sp³-hybridized carbons (Fsp3) is 0.350. The Labute approximate surface area is 151 Å². The maximum atomic E-state index is 13.2. The van der Waals surface area contributed by atoms with Gasteiger partial charge in [-0.2, -0.15) is 5.10 Å². The predicted molar refractivity (Wildman–Crippen MR) is 98.5 cm³/mol. The molecule has 0 saturated heterocycles. The Morgan fingerprint density at radius 1 is 1.27 bits per heavy atom. The first-order valence-electron chi connectivity index (χ1n) is 9.02. The van der Waals surface area contributed by atoms with Gasteiger partial charge in [0.1, 0.15) is 0 Å². The Morgan fingerprint density at radius 3 is 2.92 bits per heavy atom. The van der Waals surface area contributed by atoms with Crippen LogP contribution in [0.1, 0.15) is 35.4 Å². The first-order valence-corrected chi connectivity index (χ1v) is 9.02. The lowest BCUT2D eigenvalue weighted by Gasteiger charge is -2.32. The summed E-state index contributed by atoms with van der Waals surface area (Å²) in [6.45, 7) is 1.37. The van der Waals surface area contributed by atoms with E-state index in [0.29, 0.717) is 25.9 Å². The van der Waals surface area contributed by atoms with Crippen molar-refractivity contribution in [3.63, 3.8) is 0 Å². The van der Waals surface area contributed by atoms with Crippen molar-refractivity contribution < 1.29 is 9.90 Å². The number of carbonyl (C=O) groups excluding carboxylic acids is 1. The van der Waals surface area contributed by atoms with Crippen molar-refractivity contribution in [2.75, 3.05) is 13.2 Å². The van der Waals surface area contributed by atoms with Gasteiger partial charge in [0.2, 0.25) is 5.91 Å². The van der Waals surface area contributed by atoms with Crippen molar-refractivity contribution in [3.05, 3.63) is 59.4 Å². The molecule has 6 heteroatoms. The van der Waals surface area contributed by atoms with Gasteiger partial charge in [-0.3, -0.25) is 9.89 Å². The molecule has 2 N–H and O–H groups in total. The highest BCUT2D eigenvalue weighted by Gasteiger charge is 2.29. The number of aromatic amines is 1. The SMILES string of the molecule is O=C(C(CCCO)c1ccccc1)N1CCc2c(cnc3[nH]ncc23)C1. The minimum absolute atomic E-state index is 0.0990. The number of hydrogen-bond donors (Lipinski definition) is 2. The number of aliphatic hydroxyl groups excluding tert-OH is 1. The van der Waals surface area contributed by atoms with Crippen LogP contribution in [0.2, 0.25) is 0 Å². The smallest absolute Gasteiger partial charge is 0.230 e. The van der Waals surface area contributed by atoms with Crippen LogP contribution in [0.25, 0.3) is 11.0 Å². The molecule has 1 amide bonds. The number of benzene rings is 1. The molecule has 6 nitrogen and oxygen atoms in total. The highest BCUT2D eigenvalue weighted by atomic mass is 16.3. The number of aromatic nitrogens is 3. The first-order chi connectivity index (χ1) is 12.8. The van der Waals surface area contributed by atoms with Crippen LogP contribution in [0.3, 0.4) is 0 Å². The average Bonchev–Trinajstić information content (AvgIpc) is 3.18. The summed E-state index contributed by atoms with van der Waals surface area (Å²) in [7, 11) is 0. The maximum absolute atomic E-state index is 13.2. The van der Waals surface area contributed by atoms with E-state index in [0.717, 1.165) is 28.6 Å². The summed E-state index contributed by atoms with van der Waals surface area (Å²) >= 11 is 0. The van der Waals surface area contributed by atoms with Crippen LogP contribution >= 0.6 is 0 Å². The van der Waals surface area contributed by atoms with Crippen LogP contribution in [0.4, 0.5) is 0 Å². The summed E-state index contributed by atoms with van der Waals surface area (Å²) < 4.78 is 0. The van der Waals surface area contributed by atoms with Crippen molar-refractivity contribution in [3.8, 4) is 0 Å². The zero-order chi connectivity index (χ0) is 17.9. The third-order valence-electron chi connectivity index (χ3n) is 5.14. The van der Waals surface area contributed by atoms with Gasteiger partial charge < -0.3 is 10.0 Å². The number of fused-ring (bicyclic) bond motifs is 3. The summed E-state index contributed by atoms with van der Waals surface area (Å²) in [5.74, 6) is -0.0851. The number of carbonyl (C=O) groups is 1. The minimum Gasteiger partial charge on any atom is -0.396 e. The second kappa shape index (κ2) is 7.25. The monoisotopic (exact) mass is 350 g/mol. The summed E-state index contributed by atoms with van der Waals surface area (Å²) in [6, 6.07) is 9.86. The number of aliphatic hydroxyl groups is 1.